The molecule has 5 nitrogen and oxygen atoms in total. The van der Waals surface area contributed by atoms with Crippen LogP contribution in [-0.4, -0.2) is 46.2 Å². The summed E-state index contributed by atoms with van der Waals surface area (Å²) in [7, 11) is 0. The van der Waals surface area contributed by atoms with Crippen LogP contribution in [0.5, 0.6) is 0 Å². The zero-order valence-corrected chi connectivity index (χ0v) is 11.0. The monoisotopic (exact) mass is 272 g/mol. The molecule has 3 N–H and O–H groups in total. The number of hydrogen-bond donors (Lipinski definition) is 2. The number of rotatable bonds is 3. The molecule has 1 heterocycles. The van der Waals surface area contributed by atoms with Crippen molar-refractivity contribution in [2.45, 2.75) is 62.8 Å². The van der Waals surface area contributed by atoms with Crippen molar-refractivity contribution in [1.82, 2.24) is 4.90 Å². The summed E-state index contributed by atoms with van der Waals surface area (Å²) >= 11 is 0. The van der Waals surface area contributed by atoms with Gasteiger partial charge in [0.05, 0.1) is 18.6 Å². The third-order valence-electron chi connectivity index (χ3n) is 4.16. The molecule has 0 bridgehead atoms. The fourth-order valence-corrected chi connectivity index (χ4v) is 3.10. The van der Waals surface area contributed by atoms with E-state index >= 15 is 0 Å². The molecule has 0 spiro atoms. The summed E-state index contributed by atoms with van der Waals surface area (Å²) in [4.78, 5) is 24.6. The van der Waals surface area contributed by atoms with E-state index in [1.807, 2.05) is 0 Å². The van der Waals surface area contributed by atoms with Gasteiger partial charge in [-0.3, -0.25) is 9.59 Å². The lowest BCUT2D eigenvalue weighted by Gasteiger charge is -2.33. The van der Waals surface area contributed by atoms with Crippen molar-refractivity contribution >= 4 is 11.8 Å². The van der Waals surface area contributed by atoms with Crippen LogP contribution < -0.4 is 5.73 Å². The normalized spacial score (nSPS) is 30.3. The molecule has 2 fully saturated rings. The minimum Gasteiger partial charge on any atom is -0.389 e. The maximum absolute atomic E-state index is 13.4. The number of hydrogen-bond acceptors (Lipinski definition) is 3. The van der Waals surface area contributed by atoms with Gasteiger partial charge < -0.3 is 15.7 Å². The molecule has 2 atom stereocenters. The van der Waals surface area contributed by atoms with E-state index < -0.39 is 23.7 Å². The van der Waals surface area contributed by atoms with Crippen LogP contribution in [0.3, 0.4) is 0 Å². The second kappa shape index (κ2) is 5.45. The highest BCUT2D eigenvalue weighted by molar-refractivity contribution is 5.87. The largest absolute Gasteiger partial charge is 0.389 e. The number of nitrogens with two attached hydrogens (primary N) is 1. The Morgan fingerprint density at radius 1 is 1.32 bits per heavy atom. The quantitative estimate of drug-likeness (QED) is 0.784. The van der Waals surface area contributed by atoms with Gasteiger partial charge in [0.2, 0.25) is 11.8 Å². The van der Waals surface area contributed by atoms with Gasteiger partial charge in [-0.2, -0.15) is 0 Å². The predicted octanol–water partition coefficient (Wildman–Crippen LogP) is 0.496. The van der Waals surface area contributed by atoms with Crippen LogP contribution in [0.15, 0.2) is 0 Å². The Morgan fingerprint density at radius 3 is 2.53 bits per heavy atom. The first-order valence-electron chi connectivity index (χ1n) is 6.86. The minimum atomic E-state index is -1.21. The van der Waals surface area contributed by atoms with E-state index in [-0.39, 0.29) is 25.3 Å². The van der Waals surface area contributed by atoms with Crippen molar-refractivity contribution < 1.29 is 19.1 Å². The predicted molar refractivity (Wildman–Crippen MR) is 66.9 cm³/mol. The minimum absolute atomic E-state index is 0.0283. The number of carbonyl (C=O) groups excluding carboxylic acids is 2. The number of amides is 2. The number of alkyl halides is 1. The van der Waals surface area contributed by atoms with Crippen LogP contribution in [0.4, 0.5) is 4.39 Å². The van der Waals surface area contributed by atoms with Crippen molar-refractivity contribution in [3.8, 4) is 0 Å². The zero-order valence-electron chi connectivity index (χ0n) is 11.0. The second-order valence-electron chi connectivity index (χ2n) is 5.76. The van der Waals surface area contributed by atoms with Crippen LogP contribution in [0, 0.1) is 0 Å². The molecule has 2 aliphatic rings. The van der Waals surface area contributed by atoms with Gasteiger partial charge in [-0.15, -0.1) is 0 Å². The zero-order chi connectivity index (χ0) is 14.0. The van der Waals surface area contributed by atoms with E-state index in [0.717, 1.165) is 19.3 Å². The highest BCUT2D eigenvalue weighted by atomic mass is 19.1. The molecule has 1 aliphatic carbocycles. The first kappa shape index (κ1) is 14.2. The highest BCUT2D eigenvalue weighted by Gasteiger charge is 2.41. The molecule has 1 aliphatic heterocycles. The Morgan fingerprint density at radius 2 is 1.95 bits per heavy atom. The van der Waals surface area contributed by atoms with Gasteiger partial charge in [0.25, 0.3) is 0 Å². The fourth-order valence-electron chi connectivity index (χ4n) is 3.10. The fraction of sp³-hybridized carbons (Fsp3) is 0.846. The van der Waals surface area contributed by atoms with Gasteiger partial charge >= 0.3 is 0 Å². The Labute approximate surface area is 111 Å². The molecule has 0 aromatic heterocycles. The van der Waals surface area contributed by atoms with Crippen molar-refractivity contribution in [1.29, 1.82) is 0 Å². The number of primary amides is 1. The molecule has 6 heteroatoms. The number of likely N-dealkylation sites (tertiary alicyclic amines) is 1. The van der Waals surface area contributed by atoms with Gasteiger partial charge in [0.1, 0.15) is 12.2 Å². The summed E-state index contributed by atoms with van der Waals surface area (Å²) in [5.41, 5.74) is 4.20. The van der Waals surface area contributed by atoms with Crippen LogP contribution in [0.25, 0.3) is 0 Å². The SMILES string of the molecule is NC(=O)[C@@H]1C[C@@H](F)CN1C(=O)CC1(O)CCCCC1. The molecule has 0 aromatic carbocycles. The second-order valence-corrected chi connectivity index (χ2v) is 5.76. The Hall–Kier alpha value is -1.17. The van der Waals surface area contributed by atoms with Crippen molar-refractivity contribution in [3.05, 3.63) is 0 Å². The maximum Gasteiger partial charge on any atom is 0.240 e. The van der Waals surface area contributed by atoms with Crippen LogP contribution in [0.1, 0.15) is 44.9 Å². The van der Waals surface area contributed by atoms with Crippen LogP contribution in [0.2, 0.25) is 0 Å². The Bertz CT molecular complexity index is 369. The molecule has 2 rings (SSSR count). The molecular weight excluding hydrogens is 251 g/mol. The van der Waals surface area contributed by atoms with Crippen LogP contribution in [-0.2, 0) is 9.59 Å². The lowest BCUT2D eigenvalue weighted by molar-refractivity contribution is -0.142. The Kier molecular flexibility index (Phi) is 4.08. The Balaban J connectivity index is 2.00. The maximum atomic E-state index is 13.4. The van der Waals surface area contributed by atoms with E-state index in [1.165, 1.54) is 4.90 Å². The average molecular weight is 272 g/mol. The summed E-state index contributed by atoms with van der Waals surface area (Å²) in [6, 6.07) is -0.866. The third kappa shape index (κ3) is 3.23. The molecule has 108 valence electrons. The van der Waals surface area contributed by atoms with E-state index in [0.29, 0.717) is 12.8 Å². The summed E-state index contributed by atoms with van der Waals surface area (Å²) in [6.45, 7) is -0.0947. The number of carbonyl (C=O) groups is 2. The summed E-state index contributed by atoms with van der Waals surface area (Å²) < 4.78 is 13.4. The summed E-state index contributed by atoms with van der Waals surface area (Å²) in [5.74, 6) is -1.04. The van der Waals surface area contributed by atoms with Crippen molar-refractivity contribution in [2.24, 2.45) is 5.73 Å². The molecular formula is C13H21FN2O3. The van der Waals surface area contributed by atoms with Crippen molar-refractivity contribution in [2.75, 3.05) is 6.54 Å². The van der Waals surface area contributed by atoms with E-state index in [2.05, 4.69) is 0 Å². The number of aliphatic hydroxyl groups is 1. The molecule has 1 saturated heterocycles. The molecule has 0 radical (unpaired) electrons. The standard InChI is InChI=1S/C13H21FN2O3/c14-9-6-10(12(15)18)16(8-9)11(17)7-13(19)4-2-1-3-5-13/h9-10,19H,1-8H2,(H2,15,18)/t9-,10+/m1/s1. The molecule has 1 saturated carbocycles. The van der Waals surface area contributed by atoms with Gasteiger partial charge in [-0.05, 0) is 12.8 Å². The van der Waals surface area contributed by atoms with Gasteiger partial charge in [0.15, 0.2) is 0 Å². The van der Waals surface area contributed by atoms with E-state index in [1.54, 1.807) is 0 Å². The van der Waals surface area contributed by atoms with Crippen molar-refractivity contribution in [3.63, 3.8) is 0 Å². The van der Waals surface area contributed by atoms with E-state index in [4.69, 9.17) is 5.73 Å². The van der Waals surface area contributed by atoms with Gasteiger partial charge in [0, 0.05) is 6.42 Å². The average Bonchev–Trinajstić information content (AvgIpc) is 2.72. The topological polar surface area (TPSA) is 83.6 Å². The lowest BCUT2D eigenvalue weighted by atomic mass is 9.82. The summed E-state index contributed by atoms with van der Waals surface area (Å²) in [6.07, 6.45) is 2.77. The van der Waals surface area contributed by atoms with Crippen LogP contribution >= 0.6 is 0 Å². The molecule has 19 heavy (non-hydrogen) atoms. The number of nitrogens with zero attached hydrogens (tertiary/aromatic N) is 1. The van der Waals surface area contributed by atoms with Gasteiger partial charge in [-0.25, -0.2) is 4.39 Å². The molecule has 2 amide bonds. The van der Waals surface area contributed by atoms with Gasteiger partial charge in [-0.1, -0.05) is 19.3 Å². The molecule has 0 aromatic rings. The highest BCUT2D eigenvalue weighted by Crippen LogP contribution is 2.32. The summed E-state index contributed by atoms with van der Waals surface area (Å²) in [5, 5.41) is 10.3. The lowest BCUT2D eigenvalue weighted by Crippen LogP contribution is -2.47. The third-order valence-corrected chi connectivity index (χ3v) is 4.16. The van der Waals surface area contributed by atoms with E-state index in [9.17, 15) is 19.1 Å². The first-order chi connectivity index (χ1) is 8.91. The smallest absolute Gasteiger partial charge is 0.240 e. The number of halogens is 1. The molecule has 0 unspecified atom stereocenters. The first-order valence-corrected chi connectivity index (χ1v) is 6.86.